The molecule has 0 aliphatic carbocycles. The molecule has 1 aromatic heterocycles. The molecular formula is C22H26F3N3O4. The molecule has 0 unspecified atom stereocenters. The molecule has 2 aromatic rings. The van der Waals surface area contributed by atoms with Crippen molar-refractivity contribution in [1.29, 1.82) is 0 Å². The van der Waals surface area contributed by atoms with Crippen LogP contribution in [-0.2, 0) is 17.9 Å². The topological polar surface area (TPSA) is 72.8 Å². The summed E-state index contributed by atoms with van der Waals surface area (Å²) in [5.41, 5.74) is 0.766. The van der Waals surface area contributed by atoms with Gasteiger partial charge in [-0.25, -0.2) is 0 Å². The first-order valence-electron chi connectivity index (χ1n) is 10.4. The van der Waals surface area contributed by atoms with E-state index >= 15 is 0 Å². The van der Waals surface area contributed by atoms with Crippen LogP contribution >= 0.6 is 0 Å². The van der Waals surface area contributed by atoms with Gasteiger partial charge in [-0.2, -0.15) is 0 Å². The monoisotopic (exact) mass is 453 g/mol. The van der Waals surface area contributed by atoms with Crippen LogP contribution in [0.1, 0.15) is 31.4 Å². The summed E-state index contributed by atoms with van der Waals surface area (Å²) < 4.78 is 47.5. The van der Waals surface area contributed by atoms with E-state index in [1.807, 2.05) is 0 Å². The number of hydrogen-bond donors (Lipinski definition) is 1. The van der Waals surface area contributed by atoms with Gasteiger partial charge < -0.3 is 19.4 Å². The maximum absolute atomic E-state index is 12.6. The van der Waals surface area contributed by atoms with Crippen molar-refractivity contribution in [3.63, 3.8) is 0 Å². The second kappa shape index (κ2) is 10.5. The lowest BCUT2D eigenvalue weighted by Gasteiger charge is -2.23. The summed E-state index contributed by atoms with van der Waals surface area (Å²) >= 11 is 0. The Kier molecular flexibility index (Phi) is 7.79. The van der Waals surface area contributed by atoms with E-state index in [1.54, 1.807) is 4.57 Å². The Bertz CT molecular complexity index is 966. The predicted octanol–water partition coefficient (Wildman–Crippen LogP) is 3.77. The number of hydrogen-bond acceptors (Lipinski definition) is 5. The summed E-state index contributed by atoms with van der Waals surface area (Å²) in [6.45, 7) is 2.31. The number of nitrogens with one attached hydrogen (secondary N) is 1. The van der Waals surface area contributed by atoms with Gasteiger partial charge in [0.2, 0.25) is 11.3 Å². The molecule has 1 saturated heterocycles. The molecule has 174 valence electrons. The number of carbonyl (C=O) groups is 1. The van der Waals surface area contributed by atoms with Crippen LogP contribution in [0.25, 0.3) is 0 Å². The van der Waals surface area contributed by atoms with Crippen LogP contribution in [0.3, 0.4) is 0 Å². The van der Waals surface area contributed by atoms with Gasteiger partial charge in [-0.1, -0.05) is 12.8 Å². The van der Waals surface area contributed by atoms with Gasteiger partial charge in [-0.05, 0) is 50.2 Å². The first-order valence-corrected chi connectivity index (χ1v) is 10.4. The second-order valence-corrected chi connectivity index (χ2v) is 7.64. The standard InChI is InChI=1S/C22H26F3N3O4/c1-31-20-14-28(17(12-19(20)29)13-27-10-4-2-3-5-11-27)15-21(30)26-16-6-8-18(9-7-16)32-22(23,24)25/h6-9,12,14H,2-5,10-11,13,15H2,1H3,(H,26,30). The van der Waals surface area contributed by atoms with Crippen molar-refractivity contribution in [2.45, 2.75) is 45.1 Å². The van der Waals surface area contributed by atoms with Gasteiger partial charge >= 0.3 is 6.36 Å². The highest BCUT2D eigenvalue weighted by Gasteiger charge is 2.31. The number of benzene rings is 1. The maximum atomic E-state index is 12.6. The number of ether oxygens (including phenoxy) is 2. The summed E-state index contributed by atoms with van der Waals surface area (Å²) in [6, 6.07) is 6.37. The minimum Gasteiger partial charge on any atom is -0.491 e. The van der Waals surface area contributed by atoms with Gasteiger partial charge in [0.25, 0.3) is 0 Å². The number of nitrogens with zero attached hydrogens (tertiary/aromatic N) is 2. The molecule has 1 aliphatic rings. The van der Waals surface area contributed by atoms with Gasteiger partial charge in [-0.3, -0.25) is 14.5 Å². The number of aromatic nitrogens is 1. The van der Waals surface area contributed by atoms with Crippen LogP contribution in [0.2, 0.25) is 0 Å². The van der Waals surface area contributed by atoms with Crippen molar-refractivity contribution >= 4 is 11.6 Å². The van der Waals surface area contributed by atoms with E-state index in [0.29, 0.717) is 17.9 Å². The number of amides is 1. The van der Waals surface area contributed by atoms with Crippen molar-refractivity contribution in [3.05, 3.63) is 52.4 Å². The van der Waals surface area contributed by atoms with E-state index in [0.717, 1.165) is 38.1 Å². The number of carbonyl (C=O) groups excluding carboxylic acids is 1. The van der Waals surface area contributed by atoms with Crippen LogP contribution in [0, 0.1) is 0 Å². The Morgan fingerprint density at radius 2 is 1.75 bits per heavy atom. The molecule has 0 saturated carbocycles. The Labute approximate surface area is 183 Å². The lowest BCUT2D eigenvalue weighted by molar-refractivity contribution is -0.274. The van der Waals surface area contributed by atoms with Gasteiger partial charge in [0, 0.05) is 24.0 Å². The molecule has 3 rings (SSSR count). The highest BCUT2D eigenvalue weighted by molar-refractivity contribution is 5.90. The molecule has 0 spiro atoms. The third kappa shape index (κ3) is 7.01. The van der Waals surface area contributed by atoms with E-state index in [1.165, 1.54) is 44.3 Å². The average Bonchev–Trinajstić information content (AvgIpc) is 2.99. The normalized spacial score (nSPS) is 15.1. The van der Waals surface area contributed by atoms with E-state index in [2.05, 4.69) is 15.0 Å². The lowest BCUT2D eigenvalue weighted by atomic mass is 10.2. The Hall–Kier alpha value is -3.01. The fourth-order valence-electron chi connectivity index (χ4n) is 3.65. The van der Waals surface area contributed by atoms with Gasteiger partial charge in [0.1, 0.15) is 12.3 Å². The molecule has 0 bridgehead atoms. The highest BCUT2D eigenvalue weighted by Crippen LogP contribution is 2.24. The molecule has 2 heterocycles. The Morgan fingerprint density at radius 1 is 1.09 bits per heavy atom. The minimum absolute atomic E-state index is 0.0827. The predicted molar refractivity (Wildman–Crippen MR) is 113 cm³/mol. The highest BCUT2D eigenvalue weighted by atomic mass is 19.4. The third-order valence-corrected chi connectivity index (χ3v) is 5.17. The molecule has 1 fully saturated rings. The quantitative estimate of drug-likeness (QED) is 0.691. The molecule has 32 heavy (non-hydrogen) atoms. The molecule has 0 atom stereocenters. The summed E-state index contributed by atoms with van der Waals surface area (Å²) in [5.74, 6) is -0.635. The van der Waals surface area contributed by atoms with Crippen molar-refractivity contribution < 1.29 is 27.4 Å². The molecule has 1 N–H and O–H groups in total. The summed E-state index contributed by atoms with van der Waals surface area (Å²) in [5, 5.41) is 2.64. The van der Waals surface area contributed by atoms with Gasteiger partial charge in [0.15, 0.2) is 5.75 Å². The van der Waals surface area contributed by atoms with E-state index in [4.69, 9.17) is 4.74 Å². The molecule has 0 radical (unpaired) electrons. The summed E-state index contributed by atoms with van der Waals surface area (Å²) in [4.78, 5) is 27.2. The molecule has 7 nitrogen and oxygen atoms in total. The number of pyridine rings is 1. The first-order chi connectivity index (χ1) is 15.2. The van der Waals surface area contributed by atoms with Crippen molar-refractivity contribution in [2.75, 3.05) is 25.5 Å². The second-order valence-electron chi connectivity index (χ2n) is 7.64. The number of methoxy groups -OCH3 is 1. The van der Waals surface area contributed by atoms with Gasteiger partial charge in [-0.15, -0.1) is 13.2 Å². The number of alkyl halides is 3. The summed E-state index contributed by atoms with van der Waals surface area (Å²) in [7, 11) is 1.39. The van der Waals surface area contributed by atoms with E-state index in [9.17, 15) is 22.8 Å². The molecular weight excluding hydrogens is 427 g/mol. The van der Waals surface area contributed by atoms with Crippen LogP contribution in [0.5, 0.6) is 11.5 Å². The average molecular weight is 453 g/mol. The van der Waals surface area contributed by atoms with Crippen molar-refractivity contribution in [3.8, 4) is 11.5 Å². The Morgan fingerprint density at radius 3 is 2.34 bits per heavy atom. The van der Waals surface area contributed by atoms with Crippen LogP contribution < -0.4 is 20.2 Å². The molecule has 1 aliphatic heterocycles. The smallest absolute Gasteiger partial charge is 0.491 e. The zero-order chi connectivity index (χ0) is 23.1. The number of halogens is 3. The molecule has 10 heteroatoms. The van der Waals surface area contributed by atoms with Crippen LogP contribution in [0.4, 0.5) is 18.9 Å². The first kappa shape index (κ1) is 23.6. The largest absolute Gasteiger partial charge is 0.573 e. The van der Waals surface area contributed by atoms with Crippen molar-refractivity contribution in [1.82, 2.24) is 9.47 Å². The SMILES string of the molecule is COc1cn(CC(=O)Nc2ccc(OC(F)(F)F)cc2)c(CN2CCCCCC2)cc1=O. The zero-order valence-electron chi connectivity index (χ0n) is 17.8. The zero-order valence-corrected chi connectivity index (χ0v) is 17.8. The lowest BCUT2D eigenvalue weighted by Crippen LogP contribution is -2.29. The number of likely N-dealkylation sites (tertiary alicyclic amines) is 1. The van der Waals surface area contributed by atoms with Gasteiger partial charge in [0.05, 0.1) is 13.3 Å². The van der Waals surface area contributed by atoms with Crippen molar-refractivity contribution in [2.24, 2.45) is 0 Å². The van der Waals surface area contributed by atoms with Crippen LogP contribution in [0.15, 0.2) is 41.3 Å². The maximum Gasteiger partial charge on any atom is 0.573 e. The fourth-order valence-corrected chi connectivity index (χ4v) is 3.65. The number of anilines is 1. The molecule has 1 amide bonds. The number of rotatable bonds is 7. The van der Waals surface area contributed by atoms with E-state index in [-0.39, 0.29) is 23.5 Å². The fraction of sp³-hybridized carbons (Fsp3) is 0.455. The Balaban J connectivity index is 1.71. The van der Waals surface area contributed by atoms with E-state index < -0.39 is 12.3 Å². The third-order valence-electron chi connectivity index (χ3n) is 5.17. The summed E-state index contributed by atoms with van der Waals surface area (Å²) in [6.07, 6.45) is 1.28. The van der Waals surface area contributed by atoms with Crippen LogP contribution in [-0.4, -0.2) is 41.9 Å². The molecule has 1 aromatic carbocycles. The minimum atomic E-state index is -4.78.